The van der Waals surface area contributed by atoms with Gasteiger partial charge in [0, 0.05) is 33.6 Å². The minimum atomic E-state index is 0.604. The van der Waals surface area contributed by atoms with E-state index in [1.54, 1.807) is 24.5 Å². The summed E-state index contributed by atoms with van der Waals surface area (Å²) in [6.07, 6.45) is 4.90. The van der Waals surface area contributed by atoms with E-state index in [0.29, 0.717) is 10.0 Å². The molecule has 0 atom stereocenters. The zero-order chi connectivity index (χ0) is 9.97. The Balaban J connectivity index is 2.53. The highest BCUT2D eigenvalue weighted by Crippen LogP contribution is 2.28. The fraction of sp³-hybridized carbons (Fsp3) is 0. The Morgan fingerprint density at radius 3 is 2.36 bits per heavy atom. The summed E-state index contributed by atoms with van der Waals surface area (Å²) in [5.74, 6) is 0. The summed E-state index contributed by atoms with van der Waals surface area (Å²) < 4.78 is 0. The monoisotopic (exact) mass is 224 g/mol. The average Bonchev–Trinajstić information content (AvgIpc) is 2.19. The second-order valence-electron chi connectivity index (χ2n) is 2.75. The summed E-state index contributed by atoms with van der Waals surface area (Å²) in [5.41, 5.74) is 1.77. The number of hydrogen-bond acceptors (Lipinski definition) is 2. The van der Waals surface area contributed by atoms with Crippen LogP contribution in [0.5, 0.6) is 0 Å². The van der Waals surface area contributed by atoms with Crippen molar-refractivity contribution in [3.63, 3.8) is 0 Å². The van der Waals surface area contributed by atoms with Crippen LogP contribution in [0.15, 0.2) is 36.9 Å². The molecule has 1 aromatic carbocycles. The van der Waals surface area contributed by atoms with Crippen LogP contribution in [0.4, 0.5) is 0 Å². The molecule has 2 nitrogen and oxygen atoms in total. The molecule has 4 heteroatoms. The topological polar surface area (TPSA) is 25.8 Å². The van der Waals surface area contributed by atoms with Crippen LogP contribution in [0.2, 0.25) is 10.0 Å². The van der Waals surface area contributed by atoms with Gasteiger partial charge in [-0.25, -0.2) is 9.97 Å². The van der Waals surface area contributed by atoms with Crippen molar-refractivity contribution >= 4 is 23.2 Å². The van der Waals surface area contributed by atoms with Gasteiger partial charge < -0.3 is 0 Å². The second-order valence-corrected chi connectivity index (χ2v) is 3.59. The van der Waals surface area contributed by atoms with E-state index < -0.39 is 0 Å². The Morgan fingerprint density at radius 1 is 1.00 bits per heavy atom. The van der Waals surface area contributed by atoms with Gasteiger partial charge in [-0.15, -0.1) is 0 Å². The van der Waals surface area contributed by atoms with E-state index >= 15 is 0 Å². The molecule has 0 spiro atoms. The lowest BCUT2D eigenvalue weighted by atomic mass is 10.1. The fourth-order valence-corrected chi connectivity index (χ4v) is 1.68. The van der Waals surface area contributed by atoms with Crippen LogP contribution < -0.4 is 0 Å². The lowest BCUT2D eigenvalue weighted by molar-refractivity contribution is 1.17. The van der Waals surface area contributed by atoms with Crippen LogP contribution in [-0.2, 0) is 0 Å². The predicted molar refractivity (Wildman–Crippen MR) is 57.5 cm³/mol. The van der Waals surface area contributed by atoms with Crippen molar-refractivity contribution in [2.75, 3.05) is 0 Å². The van der Waals surface area contributed by atoms with E-state index in [2.05, 4.69) is 9.97 Å². The Hall–Kier alpha value is -1.12. The van der Waals surface area contributed by atoms with E-state index in [9.17, 15) is 0 Å². The molecule has 2 rings (SSSR count). The van der Waals surface area contributed by atoms with Gasteiger partial charge in [0.25, 0.3) is 0 Å². The number of rotatable bonds is 1. The van der Waals surface area contributed by atoms with Crippen LogP contribution in [0.25, 0.3) is 11.1 Å². The molecule has 0 aliphatic heterocycles. The molecule has 1 aromatic heterocycles. The number of benzene rings is 1. The SMILES string of the molecule is Clc1ccc(-c2cncnc2)c(Cl)c1. The Labute approximate surface area is 91.5 Å². The van der Waals surface area contributed by atoms with Crippen LogP contribution in [0.1, 0.15) is 0 Å². The van der Waals surface area contributed by atoms with E-state index in [4.69, 9.17) is 23.2 Å². The van der Waals surface area contributed by atoms with Crippen LogP contribution in [0.3, 0.4) is 0 Å². The standard InChI is InChI=1S/C10H6Cl2N2/c11-8-1-2-9(10(12)3-8)7-4-13-6-14-5-7/h1-6H. The number of halogens is 2. The zero-order valence-electron chi connectivity index (χ0n) is 7.11. The van der Waals surface area contributed by atoms with Gasteiger partial charge in [-0.05, 0) is 12.1 Å². The second kappa shape index (κ2) is 3.95. The first-order valence-corrected chi connectivity index (χ1v) is 4.73. The lowest BCUT2D eigenvalue weighted by Crippen LogP contribution is -1.82. The van der Waals surface area contributed by atoms with Gasteiger partial charge in [-0.3, -0.25) is 0 Å². The van der Waals surface area contributed by atoms with Gasteiger partial charge in [-0.1, -0.05) is 29.3 Å². The minimum absolute atomic E-state index is 0.604. The third kappa shape index (κ3) is 1.86. The summed E-state index contributed by atoms with van der Waals surface area (Å²) in [4.78, 5) is 7.84. The van der Waals surface area contributed by atoms with Crippen molar-refractivity contribution < 1.29 is 0 Å². The maximum absolute atomic E-state index is 6.02. The largest absolute Gasteiger partial charge is 0.244 e. The summed E-state index contributed by atoms with van der Waals surface area (Å²) in [7, 11) is 0. The van der Waals surface area contributed by atoms with E-state index in [1.165, 1.54) is 6.33 Å². The lowest BCUT2D eigenvalue weighted by Gasteiger charge is -2.02. The molecule has 0 saturated heterocycles. The normalized spacial score (nSPS) is 10.1. The molecule has 2 aromatic rings. The molecule has 0 aliphatic rings. The Bertz CT molecular complexity index is 443. The molecule has 14 heavy (non-hydrogen) atoms. The van der Waals surface area contributed by atoms with Crippen molar-refractivity contribution in [2.45, 2.75) is 0 Å². The first kappa shape index (κ1) is 9.44. The van der Waals surface area contributed by atoms with Gasteiger partial charge in [0.05, 0.1) is 0 Å². The molecule has 0 bridgehead atoms. The molecule has 70 valence electrons. The first-order chi connectivity index (χ1) is 6.77. The number of hydrogen-bond donors (Lipinski definition) is 0. The van der Waals surface area contributed by atoms with Crippen LogP contribution in [-0.4, -0.2) is 9.97 Å². The highest BCUT2D eigenvalue weighted by Gasteiger charge is 2.03. The zero-order valence-corrected chi connectivity index (χ0v) is 8.63. The number of aromatic nitrogens is 2. The molecular weight excluding hydrogens is 219 g/mol. The molecule has 1 heterocycles. The highest BCUT2D eigenvalue weighted by molar-refractivity contribution is 6.36. The summed E-state index contributed by atoms with van der Waals surface area (Å²) in [5, 5.41) is 1.22. The average molecular weight is 225 g/mol. The van der Waals surface area contributed by atoms with Crippen molar-refractivity contribution in [3.05, 3.63) is 47.0 Å². The van der Waals surface area contributed by atoms with Gasteiger partial charge >= 0.3 is 0 Å². The van der Waals surface area contributed by atoms with E-state index in [0.717, 1.165) is 11.1 Å². The van der Waals surface area contributed by atoms with Crippen molar-refractivity contribution in [3.8, 4) is 11.1 Å². The highest BCUT2D eigenvalue weighted by atomic mass is 35.5. The maximum atomic E-state index is 6.02. The quantitative estimate of drug-likeness (QED) is 0.742. The number of nitrogens with zero attached hydrogens (tertiary/aromatic N) is 2. The summed E-state index contributed by atoms with van der Waals surface area (Å²) in [6.45, 7) is 0. The van der Waals surface area contributed by atoms with Crippen LogP contribution >= 0.6 is 23.2 Å². The molecule has 0 radical (unpaired) electrons. The van der Waals surface area contributed by atoms with E-state index in [-0.39, 0.29) is 0 Å². The van der Waals surface area contributed by atoms with Crippen molar-refractivity contribution in [2.24, 2.45) is 0 Å². The summed E-state index contributed by atoms with van der Waals surface area (Å²) in [6, 6.07) is 5.34. The van der Waals surface area contributed by atoms with Crippen LogP contribution in [0, 0.1) is 0 Å². The van der Waals surface area contributed by atoms with Crippen molar-refractivity contribution in [1.29, 1.82) is 0 Å². The van der Waals surface area contributed by atoms with Gasteiger partial charge in [0.15, 0.2) is 0 Å². The van der Waals surface area contributed by atoms with Gasteiger partial charge in [-0.2, -0.15) is 0 Å². The van der Waals surface area contributed by atoms with Gasteiger partial charge in [0.2, 0.25) is 0 Å². The predicted octanol–water partition coefficient (Wildman–Crippen LogP) is 3.45. The first-order valence-electron chi connectivity index (χ1n) is 3.98. The van der Waals surface area contributed by atoms with Gasteiger partial charge in [0.1, 0.15) is 6.33 Å². The molecule has 0 N–H and O–H groups in total. The van der Waals surface area contributed by atoms with Crippen molar-refractivity contribution in [1.82, 2.24) is 9.97 Å². The third-order valence-corrected chi connectivity index (χ3v) is 2.35. The molecule has 0 saturated carbocycles. The Morgan fingerprint density at radius 2 is 1.71 bits per heavy atom. The molecule has 0 unspecified atom stereocenters. The third-order valence-electron chi connectivity index (χ3n) is 1.80. The molecule has 0 amide bonds. The fourth-order valence-electron chi connectivity index (χ4n) is 1.16. The molecule has 0 aliphatic carbocycles. The van der Waals surface area contributed by atoms with E-state index in [1.807, 2.05) is 6.07 Å². The molecular formula is C10H6Cl2N2. The molecule has 0 fully saturated rings. The minimum Gasteiger partial charge on any atom is -0.244 e. The smallest absolute Gasteiger partial charge is 0.115 e. The summed E-state index contributed by atoms with van der Waals surface area (Å²) >= 11 is 11.8. The maximum Gasteiger partial charge on any atom is 0.115 e. The Kier molecular flexibility index (Phi) is 2.66.